The molecule has 1 aromatic rings. The summed E-state index contributed by atoms with van der Waals surface area (Å²) in [7, 11) is 0. The third-order valence-corrected chi connectivity index (χ3v) is 3.09. The highest BCUT2D eigenvalue weighted by Gasteiger charge is 2.16. The van der Waals surface area contributed by atoms with Crippen LogP contribution in [0, 0.1) is 17.0 Å². The van der Waals surface area contributed by atoms with E-state index in [9.17, 15) is 14.9 Å². The van der Waals surface area contributed by atoms with Gasteiger partial charge in [-0.3, -0.25) is 14.9 Å². The van der Waals surface area contributed by atoms with Crippen molar-refractivity contribution in [2.24, 2.45) is 0 Å². The van der Waals surface area contributed by atoms with Crippen molar-refractivity contribution in [2.75, 3.05) is 5.88 Å². The number of nitrogens with zero attached hydrogens (tertiary/aromatic N) is 1. The summed E-state index contributed by atoms with van der Waals surface area (Å²) in [5, 5.41) is 13.5. The fourth-order valence-electron chi connectivity index (χ4n) is 1.73. The molecule has 1 aromatic carbocycles. The maximum absolute atomic E-state index is 12.0. The lowest BCUT2D eigenvalue weighted by atomic mass is 10.1. The molecule has 1 amide bonds. The molecule has 0 aliphatic rings. The Morgan fingerprint density at radius 3 is 2.79 bits per heavy atom. The Morgan fingerprint density at radius 2 is 2.21 bits per heavy atom. The largest absolute Gasteiger partial charge is 0.350 e. The van der Waals surface area contributed by atoms with Gasteiger partial charge in [0.25, 0.3) is 11.6 Å². The molecule has 0 bridgehead atoms. The average molecular weight is 285 g/mol. The normalized spacial score (nSPS) is 11.9. The number of amides is 1. The first-order valence-corrected chi connectivity index (χ1v) is 6.61. The number of nitro groups is 1. The van der Waals surface area contributed by atoms with Gasteiger partial charge in [-0.2, -0.15) is 0 Å². The number of carbonyl (C=O) groups is 1. The van der Waals surface area contributed by atoms with Crippen molar-refractivity contribution < 1.29 is 9.72 Å². The zero-order valence-corrected chi connectivity index (χ0v) is 11.7. The van der Waals surface area contributed by atoms with Gasteiger partial charge in [-0.05, 0) is 32.3 Å². The van der Waals surface area contributed by atoms with E-state index in [0.29, 0.717) is 17.0 Å². The Bertz CT molecular complexity index is 477. The highest BCUT2D eigenvalue weighted by atomic mass is 35.5. The standard InChI is InChI=1S/C13H17ClN2O3/c1-9-5-6-11(16(18)19)8-12(9)13(17)15-10(2)4-3-7-14/h5-6,8,10H,3-4,7H2,1-2H3,(H,15,17). The van der Waals surface area contributed by atoms with Crippen LogP contribution in [0.25, 0.3) is 0 Å². The van der Waals surface area contributed by atoms with E-state index in [2.05, 4.69) is 5.32 Å². The molecule has 0 fully saturated rings. The first-order chi connectivity index (χ1) is 8.95. The Balaban J connectivity index is 2.81. The van der Waals surface area contributed by atoms with E-state index in [1.807, 2.05) is 6.92 Å². The number of aryl methyl sites for hydroxylation is 1. The van der Waals surface area contributed by atoms with Crippen molar-refractivity contribution in [1.82, 2.24) is 5.32 Å². The summed E-state index contributed by atoms with van der Waals surface area (Å²) in [5.41, 5.74) is 0.976. The summed E-state index contributed by atoms with van der Waals surface area (Å²) in [6.45, 7) is 3.64. The fourth-order valence-corrected chi connectivity index (χ4v) is 1.88. The van der Waals surface area contributed by atoms with E-state index in [-0.39, 0.29) is 17.6 Å². The van der Waals surface area contributed by atoms with Crippen LogP contribution >= 0.6 is 11.6 Å². The number of carbonyl (C=O) groups excluding carboxylic acids is 1. The predicted octanol–water partition coefficient (Wildman–Crippen LogP) is 3.04. The van der Waals surface area contributed by atoms with E-state index in [0.717, 1.165) is 12.8 Å². The van der Waals surface area contributed by atoms with Gasteiger partial charge in [-0.15, -0.1) is 11.6 Å². The van der Waals surface area contributed by atoms with Crippen molar-refractivity contribution in [1.29, 1.82) is 0 Å². The lowest BCUT2D eigenvalue weighted by Gasteiger charge is -2.14. The molecule has 1 N–H and O–H groups in total. The second kappa shape index (κ2) is 7.09. The topological polar surface area (TPSA) is 72.2 Å². The summed E-state index contributed by atoms with van der Waals surface area (Å²) in [6.07, 6.45) is 1.60. The lowest BCUT2D eigenvalue weighted by Crippen LogP contribution is -2.33. The number of benzene rings is 1. The van der Waals surface area contributed by atoms with E-state index in [4.69, 9.17) is 11.6 Å². The molecule has 5 nitrogen and oxygen atoms in total. The van der Waals surface area contributed by atoms with Crippen molar-refractivity contribution in [3.05, 3.63) is 39.4 Å². The summed E-state index contributed by atoms with van der Waals surface area (Å²) < 4.78 is 0. The highest BCUT2D eigenvalue weighted by Crippen LogP contribution is 2.17. The minimum Gasteiger partial charge on any atom is -0.350 e. The van der Waals surface area contributed by atoms with E-state index in [1.54, 1.807) is 13.0 Å². The molecule has 0 heterocycles. The van der Waals surface area contributed by atoms with Crippen LogP contribution in [0.4, 0.5) is 5.69 Å². The smallest absolute Gasteiger partial charge is 0.270 e. The first-order valence-electron chi connectivity index (χ1n) is 6.07. The molecule has 19 heavy (non-hydrogen) atoms. The molecule has 0 radical (unpaired) electrons. The molecule has 0 aromatic heterocycles. The van der Waals surface area contributed by atoms with E-state index in [1.165, 1.54) is 12.1 Å². The maximum atomic E-state index is 12.0. The van der Waals surface area contributed by atoms with Crippen molar-refractivity contribution in [3.8, 4) is 0 Å². The molecule has 0 aliphatic carbocycles. The van der Waals surface area contributed by atoms with Crippen LogP contribution < -0.4 is 5.32 Å². The number of hydrogen-bond acceptors (Lipinski definition) is 3. The number of nitrogens with one attached hydrogen (secondary N) is 1. The number of alkyl halides is 1. The number of hydrogen-bond donors (Lipinski definition) is 1. The highest BCUT2D eigenvalue weighted by molar-refractivity contribution is 6.17. The van der Waals surface area contributed by atoms with Crippen LogP contribution in [0.3, 0.4) is 0 Å². The van der Waals surface area contributed by atoms with E-state index < -0.39 is 4.92 Å². The van der Waals surface area contributed by atoms with Gasteiger partial charge in [0.2, 0.25) is 0 Å². The second-order valence-corrected chi connectivity index (χ2v) is 4.84. The number of nitro benzene ring substituents is 1. The molecule has 0 spiro atoms. The summed E-state index contributed by atoms with van der Waals surface area (Å²) in [4.78, 5) is 22.3. The minimum atomic E-state index is -0.507. The molecule has 1 rings (SSSR count). The summed E-state index contributed by atoms with van der Waals surface area (Å²) in [6, 6.07) is 4.27. The fraction of sp³-hybridized carbons (Fsp3) is 0.462. The Hall–Kier alpha value is -1.62. The average Bonchev–Trinajstić information content (AvgIpc) is 2.36. The lowest BCUT2D eigenvalue weighted by molar-refractivity contribution is -0.384. The Morgan fingerprint density at radius 1 is 1.53 bits per heavy atom. The van der Waals surface area contributed by atoms with Crippen LogP contribution in [0.1, 0.15) is 35.7 Å². The van der Waals surface area contributed by atoms with Gasteiger partial charge in [0.05, 0.1) is 4.92 Å². The Kier molecular flexibility index (Phi) is 5.76. The molecule has 0 aliphatic heterocycles. The van der Waals surface area contributed by atoms with Crippen LogP contribution in [0.5, 0.6) is 0 Å². The molecule has 1 atom stereocenters. The molecule has 0 saturated heterocycles. The molecule has 0 saturated carbocycles. The second-order valence-electron chi connectivity index (χ2n) is 4.46. The van der Waals surface area contributed by atoms with Crippen LogP contribution in [0.15, 0.2) is 18.2 Å². The molecule has 104 valence electrons. The Labute approximate surface area is 117 Å². The molecule has 1 unspecified atom stereocenters. The summed E-state index contributed by atoms with van der Waals surface area (Å²) in [5.74, 6) is 0.263. The number of halogens is 1. The van der Waals surface area contributed by atoms with Gasteiger partial charge in [0.15, 0.2) is 0 Å². The van der Waals surface area contributed by atoms with Gasteiger partial charge >= 0.3 is 0 Å². The van der Waals surface area contributed by atoms with Gasteiger partial charge < -0.3 is 5.32 Å². The molecular weight excluding hydrogens is 268 g/mol. The number of non-ortho nitro benzene ring substituents is 1. The van der Waals surface area contributed by atoms with Gasteiger partial charge in [0.1, 0.15) is 0 Å². The van der Waals surface area contributed by atoms with E-state index >= 15 is 0 Å². The van der Waals surface area contributed by atoms with Crippen molar-refractivity contribution in [2.45, 2.75) is 32.7 Å². The quantitative estimate of drug-likeness (QED) is 0.496. The predicted molar refractivity (Wildman–Crippen MR) is 74.7 cm³/mol. The maximum Gasteiger partial charge on any atom is 0.270 e. The van der Waals surface area contributed by atoms with Crippen molar-refractivity contribution in [3.63, 3.8) is 0 Å². The van der Waals surface area contributed by atoms with Crippen molar-refractivity contribution >= 4 is 23.2 Å². The van der Waals surface area contributed by atoms with Crippen LogP contribution in [-0.2, 0) is 0 Å². The van der Waals surface area contributed by atoms with Crippen LogP contribution in [-0.4, -0.2) is 22.8 Å². The zero-order valence-electron chi connectivity index (χ0n) is 11.0. The molecular formula is C13H17ClN2O3. The third-order valence-electron chi connectivity index (χ3n) is 2.82. The van der Waals surface area contributed by atoms with Gasteiger partial charge in [-0.25, -0.2) is 0 Å². The molecule has 6 heteroatoms. The van der Waals surface area contributed by atoms with Gasteiger partial charge in [0, 0.05) is 29.6 Å². The monoisotopic (exact) mass is 284 g/mol. The SMILES string of the molecule is Cc1ccc([N+](=O)[O-])cc1C(=O)NC(C)CCCCl. The van der Waals surface area contributed by atoms with Gasteiger partial charge in [-0.1, -0.05) is 6.07 Å². The van der Waals surface area contributed by atoms with Crippen LogP contribution in [0.2, 0.25) is 0 Å². The minimum absolute atomic E-state index is 0.00934. The number of rotatable bonds is 6. The first kappa shape index (κ1) is 15.4. The summed E-state index contributed by atoms with van der Waals surface area (Å²) >= 11 is 5.59. The third kappa shape index (κ3) is 4.52. The zero-order chi connectivity index (χ0) is 14.4.